The van der Waals surface area contributed by atoms with Crippen molar-refractivity contribution in [3.63, 3.8) is 0 Å². The van der Waals surface area contributed by atoms with E-state index in [0.717, 1.165) is 28.8 Å². The van der Waals surface area contributed by atoms with Crippen molar-refractivity contribution in [1.82, 2.24) is 5.32 Å². The number of rotatable bonds is 7. The second-order valence-corrected chi connectivity index (χ2v) is 8.39. The van der Waals surface area contributed by atoms with Crippen LogP contribution in [0.1, 0.15) is 68.6 Å². The molecule has 0 radical (unpaired) electrons. The Bertz CT molecular complexity index is 1040. The van der Waals surface area contributed by atoms with Crippen molar-refractivity contribution in [1.29, 1.82) is 0 Å². The van der Waals surface area contributed by atoms with Crippen LogP contribution in [0.4, 0.5) is 0 Å². The largest absolute Gasteiger partial charge is 0.490 e. The normalized spacial score (nSPS) is 20.6. The first-order valence-electron chi connectivity index (χ1n) is 11.6. The van der Waals surface area contributed by atoms with Crippen molar-refractivity contribution in [2.45, 2.75) is 58.3 Å². The molecule has 5 nitrogen and oxygen atoms in total. The first-order valence-corrected chi connectivity index (χ1v) is 11.6. The number of hydrogen-bond donors (Lipinski definition) is 1. The van der Waals surface area contributed by atoms with Crippen LogP contribution in [-0.4, -0.2) is 24.9 Å². The lowest BCUT2D eigenvalue weighted by atomic mass is 9.73. The van der Waals surface area contributed by atoms with E-state index in [1.54, 1.807) is 0 Å². The van der Waals surface area contributed by atoms with Crippen LogP contribution in [0.3, 0.4) is 0 Å². The lowest BCUT2D eigenvalue weighted by molar-refractivity contribution is -0.122. The predicted octanol–water partition coefficient (Wildman–Crippen LogP) is 5.05. The Balaban J connectivity index is 1.67. The molecular formula is C27H31NO4. The molecule has 0 saturated heterocycles. The summed E-state index contributed by atoms with van der Waals surface area (Å²) in [6.07, 6.45) is 2.39. The zero-order valence-corrected chi connectivity index (χ0v) is 19.1. The van der Waals surface area contributed by atoms with Gasteiger partial charge < -0.3 is 14.8 Å². The van der Waals surface area contributed by atoms with E-state index in [4.69, 9.17) is 9.47 Å². The Labute approximate surface area is 189 Å². The summed E-state index contributed by atoms with van der Waals surface area (Å²) in [5.41, 5.74) is 4.87. The highest BCUT2D eigenvalue weighted by atomic mass is 16.5. The van der Waals surface area contributed by atoms with E-state index < -0.39 is 0 Å². The van der Waals surface area contributed by atoms with Crippen molar-refractivity contribution in [2.24, 2.45) is 0 Å². The van der Waals surface area contributed by atoms with Gasteiger partial charge >= 0.3 is 0 Å². The van der Waals surface area contributed by atoms with Crippen LogP contribution in [-0.2, 0) is 16.0 Å². The molecule has 0 bridgehead atoms. The van der Waals surface area contributed by atoms with Gasteiger partial charge in [-0.3, -0.25) is 9.59 Å². The van der Waals surface area contributed by atoms with Crippen LogP contribution >= 0.6 is 0 Å². The van der Waals surface area contributed by atoms with Crippen molar-refractivity contribution in [3.8, 4) is 11.5 Å². The lowest BCUT2D eigenvalue weighted by Gasteiger charge is -2.34. The zero-order chi connectivity index (χ0) is 22.7. The number of Topliss-reactive ketones (excluding diaryl/α,β-unsaturated/α-hetero) is 1. The maximum absolute atomic E-state index is 13.3. The molecule has 2 aliphatic rings. The number of carbonyl (C=O) groups excluding carboxylic acids is 2. The van der Waals surface area contributed by atoms with Crippen LogP contribution in [0.5, 0.6) is 11.5 Å². The number of ether oxygens (including phenoxy) is 2. The summed E-state index contributed by atoms with van der Waals surface area (Å²) in [5, 5.41) is 3.01. The molecule has 32 heavy (non-hydrogen) atoms. The van der Waals surface area contributed by atoms with Gasteiger partial charge in [0.05, 0.1) is 13.2 Å². The minimum atomic E-state index is -0.260. The molecule has 1 amide bonds. The average molecular weight is 434 g/mol. The number of amides is 1. The van der Waals surface area contributed by atoms with E-state index >= 15 is 0 Å². The number of nitrogens with one attached hydrogen (secondary N) is 1. The Morgan fingerprint density at radius 1 is 0.844 bits per heavy atom. The molecular weight excluding hydrogens is 402 g/mol. The van der Waals surface area contributed by atoms with Crippen molar-refractivity contribution >= 4 is 11.7 Å². The molecule has 1 N–H and O–H groups in total. The fourth-order valence-corrected chi connectivity index (χ4v) is 4.79. The van der Waals surface area contributed by atoms with Crippen LogP contribution in [0.25, 0.3) is 0 Å². The van der Waals surface area contributed by atoms with E-state index in [0.29, 0.717) is 37.6 Å². The number of benzene rings is 2. The van der Waals surface area contributed by atoms with E-state index in [2.05, 4.69) is 36.5 Å². The van der Waals surface area contributed by atoms with Gasteiger partial charge in [-0.25, -0.2) is 0 Å². The number of allylic oxidation sites excluding steroid dienone is 2. The monoisotopic (exact) mass is 433 g/mol. The van der Waals surface area contributed by atoms with Gasteiger partial charge in [-0.1, -0.05) is 37.3 Å². The fraction of sp³-hybridized carbons (Fsp3) is 0.407. The summed E-state index contributed by atoms with van der Waals surface area (Å²) in [6, 6.07) is 14.2. The Morgan fingerprint density at radius 3 is 2.22 bits per heavy atom. The first-order chi connectivity index (χ1) is 15.5. The smallest absolute Gasteiger partial charge is 0.225 e. The van der Waals surface area contributed by atoms with Gasteiger partial charge in [0, 0.05) is 30.0 Å². The molecule has 4 rings (SSSR count). The number of ketones is 1. The van der Waals surface area contributed by atoms with E-state index in [1.807, 2.05) is 32.0 Å². The highest BCUT2D eigenvalue weighted by Gasteiger charge is 2.38. The maximum Gasteiger partial charge on any atom is 0.225 e. The molecule has 5 heteroatoms. The lowest BCUT2D eigenvalue weighted by Crippen LogP contribution is -2.38. The van der Waals surface area contributed by atoms with Crippen molar-refractivity contribution in [3.05, 3.63) is 70.4 Å². The van der Waals surface area contributed by atoms with E-state index in [1.165, 1.54) is 5.56 Å². The molecule has 2 aromatic carbocycles. The van der Waals surface area contributed by atoms with Gasteiger partial charge in [0.15, 0.2) is 17.3 Å². The third-order valence-corrected chi connectivity index (χ3v) is 6.37. The molecule has 2 aromatic rings. The summed E-state index contributed by atoms with van der Waals surface area (Å²) < 4.78 is 11.5. The Hall–Kier alpha value is -3.08. The standard InChI is InChI=1S/C27H31NO4/c1-4-17-7-9-18(10-8-17)20-13-22-27(23(29)14-20)21(16-26(30)28-22)19-11-12-24(31-5-2)25(15-19)32-6-3/h7-12,15,20-21H,4-6,13-14,16H2,1-3H3,(H,28,30). The van der Waals surface area contributed by atoms with Gasteiger partial charge in [0.2, 0.25) is 5.91 Å². The second kappa shape index (κ2) is 9.60. The number of aryl methyl sites for hydroxylation is 1. The number of carbonyl (C=O) groups is 2. The molecule has 0 fully saturated rings. The van der Waals surface area contributed by atoms with Crippen molar-refractivity contribution < 1.29 is 19.1 Å². The molecule has 1 aliphatic heterocycles. The third-order valence-electron chi connectivity index (χ3n) is 6.37. The van der Waals surface area contributed by atoms with Crippen molar-refractivity contribution in [2.75, 3.05) is 13.2 Å². The molecule has 0 saturated carbocycles. The van der Waals surface area contributed by atoms with E-state index in [-0.39, 0.29) is 29.9 Å². The molecule has 1 heterocycles. The summed E-state index contributed by atoms with van der Waals surface area (Å²) in [6.45, 7) is 7.04. The minimum absolute atomic E-state index is 0.0459. The van der Waals surface area contributed by atoms with Gasteiger partial charge in [0.1, 0.15) is 0 Å². The highest BCUT2D eigenvalue weighted by molar-refractivity contribution is 6.02. The Kier molecular flexibility index (Phi) is 6.63. The first kappa shape index (κ1) is 22.1. The van der Waals surface area contributed by atoms with Gasteiger partial charge in [0.25, 0.3) is 0 Å². The Morgan fingerprint density at radius 2 is 1.53 bits per heavy atom. The molecule has 0 spiro atoms. The molecule has 0 aromatic heterocycles. The van der Waals surface area contributed by atoms with Crippen LogP contribution in [0, 0.1) is 0 Å². The topological polar surface area (TPSA) is 64.6 Å². The fourth-order valence-electron chi connectivity index (χ4n) is 4.79. The van der Waals surface area contributed by atoms with Crippen LogP contribution in [0.15, 0.2) is 53.7 Å². The highest BCUT2D eigenvalue weighted by Crippen LogP contribution is 2.44. The van der Waals surface area contributed by atoms with Crippen LogP contribution < -0.4 is 14.8 Å². The second-order valence-electron chi connectivity index (χ2n) is 8.39. The van der Waals surface area contributed by atoms with E-state index in [9.17, 15) is 9.59 Å². The predicted molar refractivity (Wildman–Crippen MR) is 124 cm³/mol. The summed E-state index contributed by atoms with van der Waals surface area (Å²) in [7, 11) is 0. The van der Waals surface area contributed by atoms with Gasteiger partial charge in [-0.2, -0.15) is 0 Å². The molecule has 2 unspecified atom stereocenters. The zero-order valence-electron chi connectivity index (χ0n) is 19.1. The minimum Gasteiger partial charge on any atom is -0.490 e. The summed E-state index contributed by atoms with van der Waals surface area (Å²) in [4.78, 5) is 25.9. The molecule has 2 atom stereocenters. The summed E-state index contributed by atoms with van der Waals surface area (Å²) in [5.74, 6) is 1.23. The van der Waals surface area contributed by atoms with Crippen LogP contribution in [0.2, 0.25) is 0 Å². The quantitative estimate of drug-likeness (QED) is 0.664. The summed E-state index contributed by atoms with van der Waals surface area (Å²) >= 11 is 0. The molecule has 168 valence electrons. The molecule has 1 aliphatic carbocycles. The number of hydrogen-bond acceptors (Lipinski definition) is 4. The van der Waals surface area contributed by atoms with Gasteiger partial charge in [-0.05, 0) is 61.4 Å². The third kappa shape index (κ3) is 4.43. The van der Waals surface area contributed by atoms with Gasteiger partial charge in [-0.15, -0.1) is 0 Å². The maximum atomic E-state index is 13.3. The SMILES string of the molecule is CCOc1ccc(C2CC(=O)NC3=C2C(=O)CC(c2ccc(CC)cc2)C3)cc1OCC. The average Bonchev–Trinajstić information content (AvgIpc) is 2.79.